The number of carbonyl (C=O) groups is 2. The molecule has 1 N–H and O–H groups in total. The van der Waals surface area contributed by atoms with Crippen LogP contribution in [-0.4, -0.2) is 57.7 Å². The topological polar surface area (TPSA) is 86.3 Å². The second kappa shape index (κ2) is 11.1. The fourth-order valence-corrected chi connectivity index (χ4v) is 3.90. The molecule has 0 atom stereocenters. The van der Waals surface area contributed by atoms with Crippen LogP contribution in [0.3, 0.4) is 0 Å². The number of nitrogens with one attached hydrogen (secondary N) is 1. The number of hydrogen-bond acceptors (Lipinski definition) is 6. The third-order valence-electron chi connectivity index (χ3n) is 5.34. The Hall–Kier alpha value is -3.13. The molecule has 33 heavy (non-hydrogen) atoms. The fraction of sp³-hybridized carbons (Fsp3) is 0.417. The summed E-state index contributed by atoms with van der Waals surface area (Å²) in [5, 5.41) is 3.08. The van der Waals surface area contributed by atoms with Crippen LogP contribution in [0.4, 0.5) is 5.69 Å². The van der Waals surface area contributed by atoms with Crippen molar-refractivity contribution in [2.75, 3.05) is 46.3 Å². The Labute approximate surface area is 198 Å². The first-order valence-corrected chi connectivity index (χ1v) is 11.2. The molecule has 2 aromatic carbocycles. The zero-order valence-corrected chi connectivity index (χ0v) is 20.1. The van der Waals surface area contributed by atoms with Gasteiger partial charge in [-0.2, -0.15) is 0 Å². The van der Waals surface area contributed by atoms with Gasteiger partial charge in [0.05, 0.1) is 44.2 Å². The maximum absolute atomic E-state index is 13.2. The first-order valence-electron chi connectivity index (χ1n) is 10.8. The smallest absolute Gasteiger partial charge is 0.256 e. The van der Waals surface area contributed by atoms with Crippen LogP contribution >= 0.6 is 11.6 Å². The second-order valence-corrected chi connectivity index (χ2v) is 7.95. The van der Waals surface area contributed by atoms with E-state index in [0.717, 1.165) is 19.3 Å². The molecule has 1 aliphatic heterocycles. The molecule has 2 amide bonds. The van der Waals surface area contributed by atoms with Crippen LogP contribution in [-0.2, 0) is 0 Å². The summed E-state index contributed by atoms with van der Waals surface area (Å²) in [6.45, 7) is 3.79. The Balaban J connectivity index is 1.97. The van der Waals surface area contributed by atoms with Crippen LogP contribution in [0.5, 0.6) is 23.0 Å². The second-order valence-electron chi connectivity index (χ2n) is 7.54. The summed E-state index contributed by atoms with van der Waals surface area (Å²) < 4.78 is 21.8. The lowest BCUT2D eigenvalue weighted by Gasteiger charge is -2.20. The molecule has 1 saturated heterocycles. The summed E-state index contributed by atoms with van der Waals surface area (Å²) in [5.41, 5.74) is 0.898. The van der Waals surface area contributed by atoms with E-state index in [1.165, 1.54) is 27.4 Å². The third kappa shape index (κ3) is 5.45. The third-order valence-corrected chi connectivity index (χ3v) is 5.62. The quantitative estimate of drug-likeness (QED) is 0.567. The van der Waals surface area contributed by atoms with Gasteiger partial charge in [-0.3, -0.25) is 9.59 Å². The van der Waals surface area contributed by atoms with Crippen LogP contribution in [0.2, 0.25) is 5.02 Å². The van der Waals surface area contributed by atoms with Gasteiger partial charge in [-0.05, 0) is 37.5 Å². The highest BCUT2D eigenvalue weighted by atomic mass is 35.5. The molecule has 0 saturated carbocycles. The van der Waals surface area contributed by atoms with Gasteiger partial charge in [-0.15, -0.1) is 0 Å². The maximum atomic E-state index is 13.2. The van der Waals surface area contributed by atoms with E-state index in [0.29, 0.717) is 53.9 Å². The number of benzene rings is 2. The van der Waals surface area contributed by atoms with E-state index >= 15 is 0 Å². The van der Waals surface area contributed by atoms with Crippen LogP contribution < -0.4 is 24.3 Å². The van der Waals surface area contributed by atoms with Crippen molar-refractivity contribution in [1.82, 2.24) is 4.90 Å². The number of amides is 2. The first-order chi connectivity index (χ1) is 15.9. The molecule has 178 valence electrons. The normalized spacial score (nSPS) is 12.9. The van der Waals surface area contributed by atoms with Gasteiger partial charge in [-0.25, -0.2) is 0 Å². The molecule has 1 aliphatic rings. The molecule has 0 radical (unpaired) electrons. The zero-order chi connectivity index (χ0) is 24.0. The summed E-state index contributed by atoms with van der Waals surface area (Å²) in [6, 6.07) is 6.23. The molecule has 2 aromatic rings. The Morgan fingerprint density at radius 3 is 2.21 bits per heavy atom. The number of carbonyl (C=O) groups excluding carboxylic acids is 2. The molecular weight excluding hydrogens is 448 g/mol. The number of halogens is 1. The molecule has 0 aromatic heterocycles. The van der Waals surface area contributed by atoms with Gasteiger partial charge in [-0.1, -0.05) is 18.5 Å². The molecule has 1 heterocycles. The van der Waals surface area contributed by atoms with Crippen molar-refractivity contribution in [3.63, 3.8) is 0 Å². The average molecular weight is 477 g/mol. The number of anilines is 1. The van der Waals surface area contributed by atoms with Gasteiger partial charge in [0, 0.05) is 24.7 Å². The van der Waals surface area contributed by atoms with Gasteiger partial charge >= 0.3 is 0 Å². The molecule has 8 nitrogen and oxygen atoms in total. The number of likely N-dealkylation sites (tertiary alicyclic amines) is 1. The van der Waals surface area contributed by atoms with E-state index in [1.54, 1.807) is 23.1 Å². The molecular formula is C24H29ClN2O6. The minimum Gasteiger partial charge on any atom is -0.493 e. The molecule has 0 aliphatic carbocycles. The lowest BCUT2D eigenvalue weighted by atomic mass is 10.1. The number of ether oxygens (including phenoxy) is 4. The molecule has 0 bridgehead atoms. The van der Waals surface area contributed by atoms with E-state index in [1.807, 2.05) is 6.92 Å². The summed E-state index contributed by atoms with van der Waals surface area (Å²) in [5.74, 6) is 0.892. The minimum atomic E-state index is -0.458. The lowest BCUT2D eigenvalue weighted by Crippen LogP contribution is -2.29. The predicted octanol–water partition coefficient (Wildman–Crippen LogP) is 4.64. The van der Waals surface area contributed by atoms with E-state index in [9.17, 15) is 9.59 Å². The Morgan fingerprint density at radius 2 is 1.61 bits per heavy atom. The van der Waals surface area contributed by atoms with E-state index in [2.05, 4.69) is 5.32 Å². The highest BCUT2D eigenvalue weighted by Crippen LogP contribution is 2.38. The first kappa shape index (κ1) is 24.5. The van der Waals surface area contributed by atoms with E-state index < -0.39 is 5.91 Å². The summed E-state index contributed by atoms with van der Waals surface area (Å²) >= 11 is 6.37. The number of hydrogen-bond donors (Lipinski definition) is 1. The summed E-state index contributed by atoms with van der Waals surface area (Å²) in [4.78, 5) is 28.1. The van der Waals surface area contributed by atoms with Crippen LogP contribution in [0.1, 0.15) is 46.9 Å². The number of rotatable bonds is 9. The van der Waals surface area contributed by atoms with Crippen molar-refractivity contribution in [1.29, 1.82) is 0 Å². The van der Waals surface area contributed by atoms with E-state index in [4.69, 9.17) is 30.5 Å². The van der Waals surface area contributed by atoms with Crippen LogP contribution in [0.15, 0.2) is 24.3 Å². The largest absolute Gasteiger partial charge is 0.493 e. The highest BCUT2D eigenvalue weighted by molar-refractivity contribution is 6.32. The van der Waals surface area contributed by atoms with Gasteiger partial charge < -0.3 is 29.2 Å². The predicted molar refractivity (Wildman–Crippen MR) is 126 cm³/mol. The Bertz CT molecular complexity index is 1020. The Kier molecular flexibility index (Phi) is 8.27. The fourth-order valence-electron chi connectivity index (χ4n) is 3.64. The summed E-state index contributed by atoms with van der Waals surface area (Å²) in [7, 11) is 4.47. The van der Waals surface area contributed by atoms with Crippen LogP contribution in [0.25, 0.3) is 0 Å². The number of methoxy groups -OCH3 is 3. The van der Waals surface area contributed by atoms with Gasteiger partial charge in [0.2, 0.25) is 0 Å². The van der Waals surface area contributed by atoms with Crippen LogP contribution in [0, 0.1) is 0 Å². The van der Waals surface area contributed by atoms with Crippen molar-refractivity contribution in [2.45, 2.75) is 26.2 Å². The maximum Gasteiger partial charge on any atom is 0.256 e. The standard InChI is InChI=1S/C24H29ClN2O6/c1-5-10-33-22-17(25)11-15(12-21(22)32-4)23(28)26-18-14-20(31-3)19(30-2)13-16(18)24(29)27-8-6-7-9-27/h11-14H,5-10H2,1-4H3,(H,26,28). The van der Waals surface area contributed by atoms with Crippen molar-refractivity contribution < 1.29 is 28.5 Å². The molecule has 9 heteroatoms. The summed E-state index contributed by atoms with van der Waals surface area (Å²) in [6.07, 6.45) is 2.70. The van der Waals surface area contributed by atoms with Crippen molar-refractivity contribution in [3.8, 4) is 23.0 Å². The minimum absolute atomic E-state index is 0.178. The number of nitrogens with zero attached hydrogens (tertiary/aromatic N) is 1. The molecule has 3 rings (SSSR count). The van der Waals surface area contributed by atoms with Crippen molar-refractivity contribution in [3.05, 3.63) is 40.4 Å². The molecule has 0 spiro atoms. The highest BCUT2D eigenvalue weighted by Gasteiger charge is 2.25. The lowest BCUT2D eigenvalue weighted by molar-refractivity contribution is 0.0793. The SMILES string of the molecule is CCCOc1c(Cl)cc(C(=O)Nc2cc(OC)c(OC)cc2C(=O)N2CCCC2)cc1OC. The monoisotopic (exact) mass is 476 g/mol. The van der Waals surface area contributed by atoms with E-state index in [-0.39, 0.29) is 16.5 Å². The average Bonchev–Trinajstić information content (AvgIpc) is 3.37. The van der Waals surface area contributed by atoms with Gasteiger partial charge in [0.15, 0.2) is 23.0 Å². The molecule has 1 fully saturated rings. The van der Waals surface area contributed by atoms with Gasteiger partial charge in [0.1, 0.15) is 0 Å². The Morgan fingerprint density at radius 1 is 0.970 bits per heavy atom. The van der Waals surface area contributed by atoms with Gasteiger partial charge in [0.25, 0.3) is 11.8 Å². The zero-order valence-electron chi connectivity index (χ0n) is 19.3. The van der Waals surface area contributed by atoms with Crippen molar-refractivity contribution >= 4 is 29.1 Å². The van der Waals surface area contributed by atoms with Crippen molar-refractivity contribution in [2.24, 2.45) is 0 Å². The molecule has 0 unspecified atom stereocenters.